The van der Waals surface area contributed by atoms with Crippen LogP contribution in [0.25, 0.3) is 5.78 Å². The summed E-state index contributed by atoms with van der Waals surface area (Å²) in [4.78, 5) is 32.3. The molecular formula is C18H19N5O3. The van der Waals surface area contributed by atoms with Crippen molar-refractivity contribution in [3.8, 4) is 0 Å². The fraction of sp³-hybridized carbons (Fsp3) is 0.278. The number of aryl methyl sites for hydroxylation is 3. The van der Waals surface area contributed by atoms with Crippen molar-refractivity contribution in [1.29, 1.82) is 0 Å². The van der Waals surface area contributed by atoms with Crippen LogP contribution in [0.4, 0.5) is 5.69 Å². The molecule has 0 unspecified atom stereocenters. The van der Waals surface area contributed by atoms with Crippen LogP contribution in [0.2, 0.25) is 0 Å². The standard InChI is InChI=1S/C18H19N5O3/c1-4-13-6-5-7-14(9-13)20-15(24)10-26-17(25)16-21-18-19-11(2)8-12(3)23(18)22-16/h5-9H,4,10H2,1-3H3,(H,20,24). The highest BCUT2D eigenvalue weighted by Gasteiger charge is 2.17. The van der Waals surface area contributed by atoms with Crippen molar-refractivity contribution in [1.82, 2.24) is 19.6 Å². The summed E-state index contributed by atoms with van der Waals surface area (Å²) in [7, 11) is 0. The van der Waals surface area contributed by atoms with Gasteiger partial charge >= 0.3 is 5.97 Å². The van der Waals surface area contributed by atoms with Gasteiger partial charge in [-0.1, -0.05) is 19.1 Å². The zero-order valence-electron chi connectivity index (χ0n) is 14.8. The van der Waals surface area contributed by atoms with Crippen LogP contribution >= 0.6 is 0 Å². The molecule has 2 aromatic heterocycles. The molecule has 1 aromatic carbocycles. The number of amides is 1. The Hall–Kier alpha value is -3.29. The molecule has 1 N–H and O–H groups in total. The predicted molar refractivity (Wildman–Crippen MR) is 95.0 cm³/mol. The minimum atomic E-state index is -0.773. The molecule has 1 amide bonds. The topological polar surface area (TPSA) is 98.5 Å². The molecule has 0 fully saturated rings. The highest BCUT2D eigenvalue weighted by Crippen LogP contribution is 2.11. The summed E-state index contributed by atoms with van der Waals surface area (Å²) < 4.78 is 6.46. The van der Waals surface area contributed by atoms with Gasteiger partial charge in [-0.05, 0) is 44.0 Å². The smallest absolute Gasteiger partial charge is 0.378 e. The van der Waals surface area contributed by atoms with E-state index in [1.54, 1.807) is 6.07 Å². The Kier molecular flexibility index (Phi) is 4.92. The quantitative estimate of drug-likeness (QED) is 0.705. The number of benzene rings is 1. The van der Waals surface area contributed by atoms with Crippen LogP contribution in [0.15, 0.2) is 30.3 Å². The zero-order chi connectivity index (χ0) is 18.7. The third kappa shape index (κ3) is 3.85. The van der Waals surface area contributed by atoms with Gasteiger partial charge in [-0.25, -0.2) is 14.3 Å². The number of anilines is 1. The summed E-state index contributed by atoms with van der Waals surface area (Å²) in [5, 5.41) is 6.77. The van der Waals surface area contributed by atoms with Crippen LogP contribution in [0.5, 0.6) is 0 Å². The first-order chi connectivity index (χ1) is 12.5. The molecule has 0 aliphatic heterocycles. The molecule has 26 heavy (non-hydrogen) atoms. The number of aromatic nitrogens is 4. The molecule has 0 aliphatic rings. The van der Waals surface area contributed by atoms with Crippen LogP contribution in [-0.4, -0.2) is 38.1 Å². The molecule has 3 rings (SSSR count). The number of carbonyl (C=O) groups excluding carboxylic acids is 2. The Morgan fingerprint density at radius 1 is 1.19 bits per heavy atom. The second-order valence-electron chi connectivity index (χ2n) is 5.86. The van der Waals surface area contributed by atoms with E-state index in [0.29, 0.717) is 11.5 Å². The molecule has 8 nitrogen and oxygen atoms in total. The molecule has 3 aromatic rings. The van der Waals surface area contributed by atoms with Gasteiger partial charge in [0, 0.05) is 17.1 Å². The Morgan fingerprint density at radius 2 is 2.00 bits per heavy atom. The average molecular weight is 353 g/mol. The minimum absolute atomic E-state index is 0.132. The third-order valence-electron chi connectivity index (χ3n) is 3.75. The number of ether oxygens (including phenoxy) is 1. The van der Waals surface area contributed by atoms with Crippen LogP contribution < -0.4 is 5.32 Å². The lowest BCUT2D eigenvalue weighted by Gasteiger charge is -2.06. The number of fused-ring (bicyclic) bond motifs is 1. The van der Waals surface area contributed by atoms with Crippen LogP contribution in [0.1, 0.15) is 34.5 Å². The van der Waals surface area contributed by atoms with Crippen molar-refractivity contribution < 1.29 is 14.3 Å². The van der Waals surface area contributed by atoms with E-state index in [2.05, 4.69) is 20.4 Å². The van der Waals surface area contributed by atoms with E-state index in [4.69, 9.17) is 4.74 Å². The first kappa shape index (κ1) is 17.5. The van der Waals surface area contributed by atoms with E-state index in [1.165, 1.54) is 4.52 Å². The molecule has 0 aliphatic carbocycles. The van der Waals surface area contributed by atoms with Crippen LogP contribution in [0.3, 0.4) is 0 Å². The van der Waals surface area contributed by atoms with Crippen LogP contribution in [-0.2, 0) is 16.0 Å². The molecule has 0 atom stereocenters. The van der Waals surface area contributed by atoms with Crippen molar-refractivity contribution in [2.45, 2.75) is 27.2 Å². The van der Waals surface area contributed by atoms with Crippen molar-refractivity contribution in [2.75, 3.05) is 11.9 Å². The first-order valence-corrected chi connectivity index (χ1v) is 8.23. The minimum Gasteiger partial charge on any atom is -0.450 e. The first-order valence-electron chi connectivity index (χ1n) is 8.23. The van der Waals surface area contributed by atoms with E-state index < -0.39 is 18.5 Å². The lowest BCUT2D eigenvalue weighted by molar-refractivity contribution is -0.119. The number of esters is 1. The normalized spacial score (nSPS) is 10.7. The highest BCUT2D eigenvalue weighted by molar-refractivity contribution is 5.94. The lowest BCUT2D eigenvalue weighted by Crippen LogP contribution is -2.21. The summed E-state index contributed by atoms with van der Waals surface area (Å²) in [6.07, 6.45) is 0.866. The molecule has 0 saturated carbocycles. The molecule has 8 heteroatoms. The second-order valence-corrected chi connectivity index (χ2v) is 5.86. The third-order valence-corrected chi connectivity index (χ3v) is 3.75. The number of rotatable bonds is 5. The zero-order valence-corrected chi connectivity index (χ0v) is 14.8. The highest BCUT2D eigenvalue weighted by atomic mass is 16.5. The number of carbonyl (C=O) groups is 2. The fourth-order valence-electron chi connectivity index (χ4n) is 2.51. The number of hydrogen-bond acceptors (Lipinski definition) is 6. The van der Waals surface area contributed by atoms with Gasteiger partial charge in [-0.3, -0.25) is 4.79 Å². The van der Waals surface area contributed by atoms with E-state index in [1.807, 2.05) is 45.0 Å². The summed E-state index contributed by atoms with van der Waals surface area (Å²) >= 11 is 0. The SMILES string of the molecule is CCc1cccc(NC(=O)COC(=O)c2nc3nc(C)cc(C)n3n2)c1. The van der Waals surface area contributed by atoms with E-state index in [0.717, 1.165) is 23.4 Å². The van der Waals surface area contributed by atoms with Gasteiger partial charge in [0.2, 0.25) is 0 Å². The van der Waals surface area contributed by atoms with Gasteiger partial charge in [0.25, 0.3) is 17.5 Å². The molecule has 0 spiro atoms. The van der Waals surface area contributed by atoms with E-state index in [-0.39, 0.29) is 5.82 Å². The van der Waals surface area contributed by atoms with Gasteiger partial charge in [0.1, 0.15) is 0 Å². The summed E-state index contributed by atoms with van der Waals surface area (Å²) in [6.45, 7) is 5.28. The Bertz CT molecular complexity index is 980. The van der Waals surface area contributed by atoms with Crippen molar-refractivity contribution in [3.63, 3.8) is 0 Å². The van der Waals surface area contributed by atoms with Crippen LogP contribution in [0, 0.1) is 13.8 Å². The van der Waals surface area contributed by atoms with Gasteiger partial charge in [-0.15, -0.1) is 5.10 Å². The predicted octanol–water partition coefficient (Wildman–Crippen LogP) is 2.10. The monoisotopic (exact) mass is 353 g/mol. The summed E-state index contributed by atoms with van der Waals surface area (Å²) in [5.41, 5.74) is 3.34. The maximum atomic E-state index is 12.1. The van der Waals surface area contributed by atoms with Gasteiger partial charge in [0.15, 0.2) is 6.61 Å². The molecule has 2 heterocycles. The number of nitrogens with one attached hydrogen (secondary N) is 1. The summed E-state index contributed by atoms with van der Waals surface area (Å²) in [5.74, 6) is -1.02. The Balaban J connectivity index is 1.63. The van der Waals surface area contributed by atoms with Gasteiger partial charge in [-0.2, -0.15) is 4.98 Å². The van der Waals surface area contributed by atoms with Crippen molar-refractivity contribution >= 4 is 23.3 Å². The number of hydrogen-bond donors (Lipinski definition) is 1. The van der Waals surface area contributed by atoms with Crippen molar-refractivity contribution in [2.24, 2.45) is 0 Å². The second kappa shape index (κ2) is 7.30. The molecule has 0 saturated heterocycles. The maximum absolute atomic E-state index is 12.1. The Morgan fingerprint density at radius 3 is 2.77 bits per heavy atom. The average Bonchev–Trinajstić information content (AvgIpc) is 3.04. The van der Waals surface area contributed by atoms with E-state index in [9.17, 15) is 9.59 Å². The van der Waals surface area contributed by atoms with Gasteiger partial charge in [0.05, 0.1) is 0 Å². The molecule has 0 bridgehead atoms. The Labute approximate surface area is 150 Å². The summed E-state index contributed by atoms with van der Waals surface area (Å²) in [6, 6.07) is 9.31. The van der Waals surface area contributed by atoms with E-state index >= 15 is 0 Å². The molecule has 134 valence electrons. The fourth-order valence-corrected chi connectivity index (χ4v) is 2.51. The van der Waals surface area contributed by atoms with Crippen molar-refractivity contribution in [3.05, 3.63) is 53.1 Å². The molecule has 0 radical (unpaired) electrons. The van der Waals surface area contributed by atoms with Gasteiger partial charge < -0.3 is 10.1 Å². The largest absolute Gasteiger partial charge is 0.450 e. The number of nitrogens with zero attached hydrogens (tertiary/aromatic N) is 4. The molecular weight excluding hydrogens is 334 g/mol. The lowest BCUT2D eigenvalue weighted by atomic mass is 10.1. The maximum Gasteiger partial charge on any atom is 0.378 e.